The van der Waals surface area contributed by atoms with Crippen LogP contribution in [0.4, 0.5) is 5.69 Å². The molecule has 0 amide bonds. The third kappa shape index (κ3) is 3.95. The standard InChI is InChI=1S/C14H16N2O2/c1-3-12(14(17)18-2)7-8-16-13-6-4-5-11(9-13)10-15/h4-7,9,16H,3,8H2,1-2H3/b12-7-. The number of nitriles is 1. The highest BCUT2D eigenvalue weighted by Crippen LogP contribution is 2.10. The van der Waals surface area contributed by atoms with Gasteiger partial charge in [0, 0.05) is 17.8 Å². The predicted octanol–water partition coefficient (Wildman–Crippen LogP) is 2.48. The lowest BCUT2D eigenvalue weighted by Crippen LogP contribution is -2.07. The molecule has 0 unspecified atom stereocenters. The minimum atomic E-state index is -0.301. The van der Waals surface area contributed by atoms with Crippen molar-refractivity contribution in [3.05, 3.63) is 41.5 Å². The fourth-order valence-corrected chi connectivity index (χ4v) is 1.49. The van der Waals surface area contributed by atoms with Gasteiger partial charge in [-0.05, 0) is 24.6 Å². The van der Waals surface area contributed by atoms with Gasteiger partial charge in [-0.15, -0.1) is 0 Å². The number of anilines is 1. The highest BCUT2D eigenvalue weighted by atomic mass is 16.5. The minimum Gasteiger partial charge on any atom is -0.466 e. The van der Waals surface area contributed by atoms with Crippen molar-refractivity contribution in [2.24, 2.45) is 0 Å². The molecule has 0 aliphatic carbocycles. The van der Waals surface area contributed by atoms with Crippen LogP contribution in [-0.2, 0) is 9.53 Å². The van der Waals surface area contributed by atoms with Gasteiger partial charge in [0.05, 0.1) is 18.7 Å². The number of carbonyl (C=O) groups is 1. The number of hydrogen-bond acceptors (Lipinski definition) is 4. The van der Waals surface area contributed by atoms with Gasteiger partial charge in [-0.2, -0.15) is 5.26 Å². The van der Waals surface area contributed by atoms with Crippen LogP contribution in [0.15, 0.2) is 35.9 Å². The van der Waals surface area contributed by atoms with Crippen LogP contribution in [0.1, 0.15) is 18.9 Å². The molecule has 0 heterocycles. The lowest BCUT2D eigenvalue weighted by atomic mass is 10.2. The van der Waals surface area contributed by atoms with E-state index in [1.54, 1.807) is 18.2 Å². The average Bonchev–Trinajstić information content (AvgIpc) is 2.43. The van der Waals surface area contributed by atoms with Crippen LogP contribution in [0, 0.1) is 11.3 Å². The van der Waals surface area contributed by atoms with Gasteiger partial charge >= 0.3 is 5.97 Å². The first-order chi connectivity index (χ1) is 8.71. The Bertz CT molecular complexity index is 487. The molecule has 4 nitrogen and oxygen atoms in total. The number of benzene rings is 1. The van der Waals surface area contributed by atoms with Crippen molar-refractivity contribution in [1.29, 1.82) is 5.26 Å². The third-order valence-corrected chi connectivity index (χ3v) is 2.47. The maximum atomic E-state index is 11.3. The zero-order chi connectivity index (χ0) is 13.4. The van der Waals surface area contributed by atoms with Crippen LogP contribution in [0.25, 0.3) is 0 Å². The summed E-state index contributed by atoms with van der Waals surface area (Å²) in [6.07, 6.45) is 2.43. The van der Waals surface area contributed by atoms with Gasteiger partial charge in [-0.3, -0.25) is 0 Å². The van der Waals surface area contributed by atoms with E-state index in [4.69, 9.17) is 5.26 Å². The Morgan fingerprint density at radius 2 is 2.33 bits per heavy atom. The molecule has 0 saturated heterocycles. The molecule has 1 aromatic carbocycles. The quantitative estimate of drug-likeness (QED) is 0.638. The van der Waals surface area contributed by atoms with Crippen LogP contribution in [0.5, 0.6) is 0 Å². The Morgan fingerprint density at radius 3 is 2.94 bits per heavy atom. The summed E-state index contributed by atoms with van der Waals surface area (Å²) in [4.78, 5) is 11.3. The smallest absolute Gasteiger partial charge is 0.333 e. The number of nitrogens with one attached hydrogen (secondary N) is 1. The van der Waals surface area contributed by atoms with Gasteiger partial charge in [-0.25, -0.2) is 4.79 Å². The zero-order valence-electron chi connectivity index (χ0n) is 10.6. The molecule has 18 heavy (non-hydrogen) atoms. The summed E-state index contributed by atoms with van der Waals surface area (Å²) >= 11 is 0. The van der Waals surface area contributed by atoms with Crippen LogP contribution in [0.3, 0.4) is 0 Å². The Hall–Kier alpha value is -2.28. The van der Waals surface area contributed by atoms with Crippen molar-refractivity contribution in [1.82, 2.24) is 0 Å². The van der Waals surface area contributed by atoms with E-state index in [2.05, 4.69) is 16.1 Å². The Labute approximate surface area is 107 Å². The second-order valence-electron chi connectivity index (χ2n) is 3.65. The molecule has 0 spiro atoms. The molecule has 4 heteroatoms. The second-order valence-corrected chi connectivity index (χ2v) is 3.65. The first-order valence-corrected chi connectivity index (χ1v) is 5.72. The number of ether oxygens (including phenoxy) is 1. The number of rotatable bonds is 5. The van der Waals surface area contributed by atoms with Crippen LogP contribution >= 0.6 is 0 Å². The molecule has 1 rings (SSSR count). The van der Waals surface area contributed by atoms with Crippen molar-refractivity contribution < 1.29 is 9.53 Å². The lowest BCUT2D eigenvalue weighted by molar-refractivity contribution is -0.136. The van der Waals surface area contributed by atoms with E-state index in [0.29, 0.717) is 24.1 Å². The summed E-state index contributed by atoms with van der Waals surface area (Å²) in [5, 5.41) is 11.9. The third-order valence-electron chi connectivity index (χ3n) is 2.47. The maximum Gasteiger partial charge on any atom is 0.333 e. The summed E-state index contributed by atoms with van der Waals surface area (Å²) in [6.45, 7) is 2.42. The lowest BCUT2D eigenvalue weighted by Gasteiger charge is -2.05. The summed E-state index contributed by atoms with van der Waals surface area (Å²) in [6, 6.07) is 9.26. The van der Waals surface area contributed by atoms with E-state index in [1.165, 1.54) is 7.11 Å². The molecule has 1 N–H and O–H groups in total. The number of carbonyl (C=O) groups excluding carboxylic acids is 1. The van der Waals surface area contributed by atoms with Gasteiger partial charge in [0.2, 0.25) is 0 Å². The fourth-order valence-electron chi connectivity index (χ4n) is 1.49. The van der Waals surface area contributed by atoms with Crippen molar-refractivity contribution in [3.63, 3.8) is 0 Å². The van der Waals surface area contributed by atoms with Crippen molar-refractivity contribution in [2.45, 2.75) is 13.3 Å². The first-order valence-electron chi connectivity index (χ1n) is 5.72. The summed E-state index contributed by atoms with van der Waals surface area (Å²) in [7, 11) is 1.37. The molecule has 0 atom stereocenters. The number of esters is 1. The van der Waals surface area contributed by atoms with Gasteiger partial charge in [0.1, 0.15) is 0 Å². The molecular weight excluding hydrogens is 228 g/mol. The highest BCUT2D eigenvalue weighted by molar-refractivity contribution is 5.88. The molecule has 0 aromatic heterocycles. The zero-order valence-corrected chi connectivity index (χ0v) is 10.6. The second kappa shape index (κ2) is 7.13. The molecule has 0 fully saturated rings. The number of methoxy groups -OCH3 is 1. The topological polar surface area (TPSA) is 62.1 Å². The summed E-state index contributed by atoms with van der Waals surface area (Å²) < 4.78 is 4.66. The average molecular weight is 244 g/mol. The number of hydrogen-bond donors (Lipinski definition) is 1. The minimum absolute atomic E-state index is 0.301. The van der Waals surface area contributed by atoms with E-state index in [1.807, 2.05) is 19.1 Å². The van der Waals surface area contributed by atoms with Gasteiger partial charge < -0.3 is 10.1 Å². The summed E-state index contributed by atoms with van der Waals surface area (Å²) in [5.41, 5.74) is 2.10. The van der Waals surface area contributed by atoms with Gasteiger partial charge in [0.25, 0.3) is 0 Å². The van der Waals surface area contributed by atoms with Crippen molar-refractivity contribution >= 4 is 11.7 Å². The summed E-state index contributed by atoms with van der Waals surface area (Å²) in [5.74, 6) is -0.301. The molecular formula is C14H16N2O2. The highest BCUT2D eigenvalue weighted by Gasteiger charge is 2.05. The molecule has 1 aromatic rings. The van der Waals surface area contributed by atoms with E-state index in [-0.39, 0.29) is 5.97 Å². The molecule has 0 bridgehead atoms. The predicted molar refractivity (Wildman–Crippen MR) is 70.0 cm³/mol. The fraction of sp³-hybridized carbons (Fsp3) is 0.286. The Balaban J connectivity index is 2.62. The Kier molecular flexibility index (Phi) is 5.46. The molecule has 94 valence electrons. The SMILES string of the molecule is CC/C(=C/CNc1cccc(C#N)c1)C(=O)OC. The van der Waals surface area contributed by atoms with Gasteiger partial charge in [-0.1, -0.05) is 19.1 Å². The van der Waals surface area contributed by atoms with E-state index in [0.717, 1.165) is 5.69 Å². The van der Waals surface area contributed by atoms with E-state index < -0.39 is 0 Å². The van der Waals surface area contributed by atoms with Crippen LogP contribution in [0.2, 0.25) is 0 Å². The molecule has 0 aliphatic heterocycles. The van der Waals surface area contributed by atoms with Crippen molar-refractivity contribution in [2.75, 3.05) is 19.0 Å². The van der Waals surface area contributed by atoms with Crippen molar-refractivity contribution in [3.8, 4) is 6.07 Å². The first kappa shape index (κ1) is 13.8. The van der Waals surface area contributed by atoms with Crippen LogP contribution < -0.4 is 5.32 Å². The number of nitrogens with zero attached hydrogens (tertiary/aromatic N) is 1. The maximum absolute atomic E-state index is 11.3. The molecule has 0 saturated carbocycles. The van der Waals surface area contributed by atoms with Crippen LogP contribution in [-0.4, -0.2) is 19.6 Å². The Morgan fingerprint density at radius 1 is 1.56 bits per heavy atom. The molecule has 0 radical (unpaired) electrons. The van der Waals surface area contributed by atoms with E-state index in [9.17, 15) is 4.79 Å². The van der Waals surface area contributed by atoms with Gasteiger partial charge in [0.15, 0.2) is 0 Å². The van der Waals surface area contributed by atoms with E-state index >= 15 is 0 Å². The molecule has 0 aliphatic rings. The largest absolute Gasteiger partial charge is 0.466 e. The monoisotopic (exact) mass is 244 g/mol. The normalized spacial score (nSPS) is 10.6.